The minimum absolute atomic E-state index is 0.741. The van der Waals surface area contributed by atoms with Crippen molar-refractivity contribution in [3.63, 3.8) is 0 Å². The van der Waals surface area contributed by atoms with Crippen molar-refractivity contribution in [1.29, 1.82) is 0 Å². The SMILES string of the molecule is C[CH][Si](OCCCC)(OCCCC)OCCCC. The Kier molecular flexibility index (Phi) is 12.2. The van der Waals surface area contributed by atoms with Crippen molar-refractivity contribution in [1.82, 2.24) is 0 Å². The van der Waals surface area contributed by atoms with Crippen molar-refractivity contribution in [2.45, 2.75) is 66.2 Å². The predicted molar refractivity (Wildman–Crippen MR) is 78.3 cm³/mol. The zero-order valence-electron chi connectivity index (χ0n) is 12.7. The second-order valence-electron chi connectivity index (χ2n) is 4.50. The van der Waals surface area contributed by atoms with Crippen LogP contribution >= 0.6 is 0 Å². The van der Waals surface area contributed by atoms with Crippen molar-refractivity contribution in [3.05, 3.63) is 6.04 Å². The Morgan fingerprint density at radius 2 is 1.06 bits per heavy atom. The number of hydrogen-bond acceptors (Lipinski definition) is 3. The average Bonchev–Trinajstić information content (AvgIpc) is 2.39. The van der Waals surface area contributed by atoms with Crippen molar-refractivity contribution >= 4 is 8.80 Å². The fraction of sp³-hybridized carbons (Fsp3) is 0.929. The van der Waals surface area contributed by atoms with E-state index in [9.17, 15) is 0 Å². The summed E-state index contributed by atoms with van der Waals surface area (Å²) in [5, 5.41) is 0. The van der Waals surface area contributed by atoms with Gasteiger partial charge in [-0.2, -0.15) is 0 Å². The molecule has 0 spiro atoms. The topological polar surface area (TPSA) is 27.7 Å². The van der Waals surface area contributed by atoms with E-state index in [0.717, 1.165) is 58.3 Å². The molecule has 0 aromatic carbocycles. The first-order chi connectivity index (χ1) is 8.74. The van der Waals surface area contributed by atoms with Gasteiger partial charge < -0.3 is 13.3 Å². The van der Waals surface area contributed by atoms with E-state index in [1.807, 2.05) is 13.0 Å². The monoisotopic (exact) mass is 275 g/mol. The normalized spacial score (nSPS) is 12.0. The molecule has 0 aliphatic heterocycles. The molecule has 0 aliphatic rings. The lowest BCUT2D eigenvalue weighted by Gasteiger charge is -2.28. The molecule has 0 saturated carbocycles. The first kappa shape index (κ1) is 18.1. The Hall–Kier alpha value is 0.0969. The van der Waals surface area contributed by atoms with Crippen LogP contribution in [-0.2, 0) is 13.3 Å². The lowest BCUT2D eigenvalue weighted by molar-refractivity contribution is 0.0642. The second-order valence-corrected chi connectivity index (χ2v) is 7.15. The third-order valence-corrected chi connectivity index (χ3v) is 5.28. The van der Waals surface area contributed by atoms with Crippen LogP contribution in [0.25, 0.3) is 0 Å². The lowest BCUT2D eigenvalue weighted by Crippen LogP contribution is -2.47. The highest BCUT2D eigenvalue weighted by atomic mass is 28.4. The summed E-state index contributed by atoms with van der Waals surface area (Å²) < 4.78 is 17.9. The van der Waals surface area contributed by atoms with E-state index in [2.05, 4.69) is 20.8 Å². The van der Waals surface area contributed by atoms with Gasteiger partial charge in [0.1, 0.15) is 0 Å². The zero-order chi connectivity index (χ0) is 13.7. The first-order valence-corrected chi connectivity index (χ1v) is 9.27. The molecular weight excluding hydrogens is 244 g/mol. The molecule has 0 saturated heterocycles. The molecule has 1 radical (unpaired) electrons. The molecule has 0 aromatic rings. The summed E-state index contributed by atoms with van der Waals surface area (Å²) in [6.45, 7) is 10.7. The minimum atomic E-state index is -2.51. The van der Waals surface area contributed by atoms with E-state index in [-0.39, 0.29) is 0 Å². The molecule has 3 nitrogen and oxygen atoms in total. The summed E-state index contributed by atoms with van der Waals surface area (Å²) in [4.78, 5) is 0. The maximum atomic E-state index is 5.95. The highest BCUT2D eigenvalue weighted by Gasteiger charge is 2.39. The molecule has 0 atom stereocenters. The van der Waals surface area contributed by atoms with Gasteiger partial charge in [0.15, 0.2) is 0 Å². The summed E-state index contributed by atoms with van der Waals surface area (Å²) in [7, 11) is -2.51. The van der Waals surface area contributed by atoms with Crippen LogP contribution in [0.1, 0.15) is 66.2 Å². The Balaban J connectivity index is 4.20. The van der Waals surface area contributed by atoms with Gasteiger partial charge >= 0.3 is 8.80 Å². The van der Waals surface area contributed by atoms with Gasteiger partial charge in [0.2, 0.25) is 0 Å². The van der Waals surface area contributed by atoms with Crippen molar-refractivity contribution in [3.8, 4) is 0 Å². The number of rotatable bonds is 13. The maximum Gasteiger partial charge on any atom is 0.504 e. The summed E-state index contributed by atoms with van der Waals surface area (Å²) in [5.41, 5.74) is 0. The fourth-order valence-corrected chi connectivity index (χ4v) is 3.49. The average molecular weight is 275 g/mol. The van der Waals surface area contributed by atoms with Crippen LogP contribution in [0, 0.1) is 6.04 Å². The minimum Gasteiger partial charge on any atom is -0.373 e. The van der Waals surface area contributed by atoms with Crippen molar-refractivity contribution in [2.24, 2.45) is 0 Å². The Labute approximate surface area is 115 Å². The molecule has 0 unspecified atom stereocenters. The fourth-order valence-electron chi connectivity index (χ4n) is 1.45. The van der Waals surface area contributed by atoms with Gasteiger partial charge in [-0.15, -0.1) is 0 Å². The quantitative estimate of drug-likeness (QED) is 0.373. The molecule has 0 fully saturated rings. The predicted octanol–water partition coefficient (Wildman–Crippen LogP) is 4.14. The van der Waals surface area contributed by atoms with Crippen molar-refractivity contribution < 1.29 is 13.3 Å². The molecule has 0 amide bonds. The molecule has 4 heteroatoms. The van der Waals surface area contributed by atoms with E-state index in [0.29, 0.717) is 0 Å². The summed E-state index contributed by atoms with van der Waals surface area (Å²) in [5.74, 6) is 0. The van der Waals surface area contributed by atoms with Crippen LogP contribution in [-0.4, -0.2) is 28.6 Å². The summed E-state index contributed by atoms with van der Waals surface area (Å²) in [6, 6.07) is 2.02. The third kappa shape index (κ3) is 8.24. The molecule has 0 heterocycles. The summed E-state index contributed by atoms with van der Waals surface area (Å²) >= 11 is 0. The van der Waals surface area contributed by atoms with Gasteiger partial charge in [0.25, 0.3) is 0 Å². The Bertz CT molecular complexity index is 150. The van der Waals surface area contributed by atoms with E-state index in [1.54, 1.807) is 0 Å². The second kappa shape index (κ2) is 12.1. The van der Waals surface area contributed by atoms with Gasteiger partial charge in [0, 0.05) is 25.9 Å². The van der Waals surface area contributed by atoms with Gasteiger partial charge in [-0.1, -0.05) is 47.0 Å². The van der Waals surface area contributed by atoms with Crippen LogP contribution in [0.2, 0.25) is 0 Å². The lowest BCUT2D eigenvalue weighted by atomic mass is 10.4. The Morgan fingerprint density at radius 1 is 0.722 bits per heavy atom. The molecule has 0 N–H and O–H groups in total. The number of unbranched alkanes of at least 4 members (excludes halogenated alkanes) is 3. The smallest absolute Gasteiger partial charge is 0.373 e. The van der Waals surface area contributed by atoms with Gasteiger partial charge in [-0.3, -0.25) is 0 Å². The van der Waals surface area contributed by atoms with Crippen molar-refractivity contribution in [2.75, 3.05) is 19.8 Å². The number of hydrogen-bond donors (Lipinski definition) is 0. The Morgan fingerprint density at radius 3 is 1.28 bits per heavy atom. The standard InChI is InChI=1S/C14H31O3Si/c1-5-9-12-15-18(8-4,16-13-10-6-2)17-14-11-7-3/h8H,5-7,9-14H2,1-4H3. The molecular formula is C14H31O3Si. The van der Waals surface area contributed by atoms with E-state index >= 15 is 0 Å². The first-order valence-electron chi connectivity index (χ1n) is 7.47. The zero-order valence-corrected chi connectivity index (χ0v) is 13.7. The molecule has 109 valence electrons. The molecule has 0 aromatic heterocycles. The van der Waals surface area contributed by atoms with Crippen LogP contribution in [0.5, 0.6) is 0 Å². The molecule has 0 aliphatic carbocycles. The molecule has 0 rings (SSSR count). The highest BCUT2D eigenvalue weighted by molar-refractivity contribution is 6.64. The van der Waals surface area contributed by atoms with E-state index < -0.39 is 8.80 Å². The van der Waals surface area contributed by atoms with Crippen LogP contribution in [0.15, 0.2) is 0 Å². The van der Waals surface area contributed by atoms with Crippen LogP contribution < -0.4 is 0 Å². The molecule has 0 bridgehead atoms. The summed E-state index contributed by atoms with van der Waals surface area (Å²) in [6.07, 6.45) is 6.61. The van der Waals surface area contributed by atoms with Gasteiger partial charge in [0.05, 0.1) is 0 Å². The van der Waals surface area contributed by atoms with E-state index in [1.165, 1.54) is 0 Å². The van der Waals surface area contributed by atoms with Crippen LogP contribution in [0.4, 0.5) is 0 Å². The van der Waals surface area contributed by atoms with E-state index in [4.69, 9.17) is 13.3 Å². The maximum absolute atomic E-state index is 5.95. The van der Waals surface area contributed by atoms with Crippen LogP contribution in [0.3, 0.4) is 0 Å². The highest BCUT2D eigenvalue weighted by Crippen LogP contribution is 2.16. The molecule has 18 heavy (non-hydrogen) atoms. The van der Waals surface area contributed by atoms with Gasteiger partial charge in [-0.25, -0.2) is 0 Å². The largest absolute Gasteiger partial charge is 0.504 e. The third-order valence-electron chi connectivity index (χ3n) is 2.76. The van der Waals surface area contributed by atoms with Gasteiger partial charge in [-0.05, 0) is 19.3 Å².